The molecule has 0 aromatic heterocycles. The lowest BCUT2D eigenvalue weighted by Crippen LogP contribution is -2.36. The fourth-order valence-electron chi connectivity index (χ4n) is 2.25. The van der Waals surface area contributed by atoms with E-state index >= 15 is 0 Å². The molecule has 0 heterocycles. The van der Waals surface area contributed by atoms with Crippen LogP contribution in [0.1, 0.15) is 31.7 Å². The van der Waals surface area contributed by atoms with Crippen LogP contribution in [-0.4, -0.2) is 23.4 Å². The van der Waals surface area contributed by atoms with Gasteiger partial charge in [-0.05, 0) is 43.4 Å². The molecule has 2 N–H and O–H groups in total. The molecule has 1 aromatic carbocycles. The number of nitrogens with two attached hydrogens (primary N) is 1. The van der Waals surface area contributed by atoms with Crippen molar-refractivity contribution in [1.29, 1.82) is 0 Å². The van der Waals surface area contributed by atoms with Crippen LogP contribution in [0.15, 0.2) is 24.3 Å². The minimum Gasteiger partial charge on any atom is -0.339 e. The van der Waals surface area contributed by atoms with Gasteiger partial charge in [0.2, 0.25) is 5.91 Å². The van der Waals surface area contributed by atoms with Gasteiger partial charge in [0, 0.05) is 25.6 Å². The van der Waals surface area contributed by atoms with Crippen LogP contribution in [0, 0.1) is 11.7 Å². The minimum absolute atomic E-state index is 0.0194. The van der Waals surface area contributed by atoms with E-state index in [2.05, 4.69) is 0 Å². The molecule has 0 spiro atoms. The van der Waals surface area contributed by atoms with E-state index in [0.29, 0.717) is 25.4 Å². The first kappa shape index (κ1) is 14.0. The van der Waals surface area contributed by atoms with Gasteiger partial charge < -0.3 is 10.6 Å². The average molecular weight is 264 g/mol. The molecular formula is C15H21FN2O. The lowest BCUT2D eigenvalue weighted by atomic mass is 10.1. The molecule has 2 rings (SSSR count). The van der Waals surface area contributed by atoms with Gasteiger partial charge in [-0.2, -0.15) is 0 Å². The van der Waals surface area contributed by atoms with Crippen LogP contribution in [0.2, 0.25) is 0 Å². The van der Waals surface area contributed by atoms with E-state index < -0.39 is 0 Å². The van der Waals surface area contributed by atoms with Gasteiger partial charge in [-0.15, -0.1) is 0 Å². The molecule has 4 heteroatoms. The van der Waals surface area contributed by atoms with Crippen molar-refractivity contribution in [1.82, 2.24) is 4.90 Å². The van der Waals surface area contributed by atoms with E-state index in [9.17, 15) is 9.18 Å². The Morgan fingerprint density at radius 1 is 1.53 bits per heavy atom. The summed E-state index contributed by atoms with van der Waals surface area (Å²) < 4.78 is 13.1. The summed E-state index contributed by atoms with van der Waals surface area (Å²) in [7, 11) is 0. The van der Waals surface area contributed by atoms with Crippen molar-refractivity contribution in [3.05, 3.63) is 35.6 Å². The van der Waals surface area contributed by atoms with Crippen LogP contribution < -0.4 is 5.73 Å². The van der Waals surface area contributed by atoms with E-state index in [-0.39, 0.29) is 17.8 Å². The Hall–Kier alpha value is -1.42. The maximum atomic E-state index is 13.1. The smallest absolute Gasteiger partial charge is 0.224 e. The second kappa shape index (κ2) is 6.15. The van der Waals surface area contributed by atoms with Crippen LogP contribution in [0.3, 0.4) is 0 Å². The van der Waals surface area contributed by atoms with Crippen LogP contribution in [0.4, 0.5) is 4.39 Å². The van der Waals surface area contributed by atoms with E-state index in [1.54, 1.807) is 11.0 Å². The van der Waals surface area contributed by atoms with E-state index in [1.807, 2.05) is 13.0 Å². The number of carbonyl (C=O) groups is 1. The molecule has 1 atom stereocenters. The van der Waals surface area contributed by atoms with Crippen molar-refractivity contribution in [2.24, 2.45) is 11.7 Å². The zero-order valence-electron chi connectivity index (χ0n) is 11.3. The minimum atomic E-state index is -0.268. The molecule has 1 aliphatic carbocycles. The first-order valence-corrected chi connectivity index (χ1v) is 6.88. The lowest BCUT2D eigenvalue weighted by Gasteiger charge is -2.23. The number of hydrogen-bond donors (Lipinski definition) is 1. The number of halogens is 1. The highest BCUT2D eigenvalue weighted by molar-refractivity contribution is 5.76. The summed E-state index contributed by atoms with van der Waals surface area (Å²) in [6, 6.07) is 6.36. The highest BCUT2D eigenvalue weighted by Crippen LogP contribution is 2.33. The molecule has 19 heavy (non-hydrogen) atoms. The van der Waals surface area contributed by atoms with Crippen LogP contribution >= 0.6 is 0 Å². The Kier molecular flexibility index (Phi) is 4.53. The molecule has 3 nitrogen and oxygen atoms in total. The van der Waals surface area contributed by atoms with Gasteiger partial charge in [0.15, 0.2) is 0 Å². The van der Waals surface area contributed by atoms with Gasteiger partial charge in [-0.1, -0.05) is 12.1 Å². The fraction of sp³-hybridized carbons (Fsp3) is 0.533. The largest absolute Gasteiger partial charge is 0.339 e. The Morgan fingerprint density at radius 3 is 2.84 bits per heavy atom. The first-order valence-electron chi connectivity index (χ1n) is 6.88. The predicted molar refractivity (Wildman–Crippen MR) is 72.8 cm³/mol. The van der Waals surface area contributed by atoms with E-state index in [1.165, 1.54) is 12.1 Å². The summed E-state index contributed by atoms with van der Waals surface area (Å²) in [6.07, 6.45) is 2.68. The summed E-state index contributed by atoms with van der Waals surface area (Å²) in [5.41, 5.74) is 6.80. The number of rotatable bonds is 6. The van der Waals surface area contributed by atoms with Crippen molar-refractivity contribution in [2.75, 3.05) is 6.54 Å². The maximum Gasteiger partial charge on any atom is 0.224 e. The Balaban J connectivity index is 1.93. The van der Waals surface area contributed by atoms with Gasteiger partial charge in [0.1, 0.15) is 5.82 Å². The second-order valence-corrected chi connectivity index (χ2v) is 5.24. The summed E-state index contributed by atoms with van der Waals surface area (Å²) >= 11 is 0. The highest BCUT2D eigenvalue weighted by Gasteiger charge is 2.30. The van der Waals surface area contributed by atoms with Crippen molar-refractivity contribution in [2.45, 2.75) is 38.8 Å². The monoisotopic (exact) mass is 264 g/mol. The summed E-state index contributed by atoms with van der Waals surface area (Å²) in [5, 5.41) is 0. The lowest BCUT2D eigenvalue weighted by molar-refractivity contribution is -0.132. The number of benzene rings is 1. The van der Waals surface area contributed by atoms with Crippen LogP contribution in [-0.2, 0) is 11.3 Å². The number of carbonyl (C=O) groups excluding carboxylic acids is 1. The summed E-state index contributed by atoms with van der Waals surface area (Å²) in [6.45, 7) is 3.00. The molecule has 0 bridgehead atoms. The standard InChI is InChI=1S/C15H21FN2O/c1-2-18(10-11-4-3-5-13(16)8-11)15(19)9-14(17)12-6-7-12/h3-5,8,12,14H,2,6-7,9-10,17H2,1H3. The molecule has 1 aromatic rings. The molecule has 1 amide bonds. The van der Waals surface area contributed by atoms with Gasteiger partial charge in [0.25, 0.3) is 0 Å². The highest BCUT2D eigenvalue weighted by atomic mass is 19.1. The molecule has 0 radical (unpaired) electrons. The number of nitrogens with zero attached hydrogens (tertiary/aromatic N) is 1. The van der Waals surface area contributed by atoms with Crippen molar-refractivity contribution in [3.63, 3.8) is 0 Å². The topological polar surface area (TPSA) is 46.3 Å². The molecule has 1 fully saturated rings. The SMILES string of the molecule is CCN(Cc1cccc(F)c1)C(=O)CC(N)C1CC1. The van der Waals surface area contributed by atoms with Crippen LogP contribution in [0.25, 0.3) is 0 Å². The Labute approximate surface area is 113 Å². The van der Waals surface area contributed by atoms with E-state index in [4.69, 9.17) is 5.73 Å². The quantitative estimate of drug-likeness (QED) is 0.857. The van der Waals surface area contributed by atoms with Crippen molar-refractivity contribution in [3.8, 4) is 0 Å². The van der Waals surface area contributed by atoms with Gasteiger partial charge in [-0.3, -0.25) is 4.79 Å². The molecule has 0 aliphatic heterocycles. The molecule has 1 unspecified atom stereocenters. The molecule has 104 valence electrons. The number of hydrogen-bond acceptors (Lipinski definition) is 2. The third-order valence-electron chi connectivity index (χ3n) is 3.63. The first-order chi connectivity index (χ1) is 9.10. The second-order valence-electron chi connectivity index (χ2n) is 5.24. The van der Waals surface area contributed by atoms with E-state index in [0.717, 1.165) is 18.4 Å². The number of amides is 1. The summed E-state index contributed by atoms with van der Waals surface area (Å²) in [5.74, 6) is 0.318. The van der Waals surface area contributed by atoms with Crippen molar-refractivity contribution < 1.29 is 9.18 Å². The molecule has 1 saturated carbocycles. The Morgan fingerprint density at radius 2 is 2.26 bits per heavy atom. The zero-order chi connectivity index (χ0) is 13.8. The molecule has 1 aliphatic rings. The molecular weight excluding hydrogens is 243 g/mol. The third kappa shape index (κ3) is 4.03. The van der Waals surface area contributed by atoms with Gasteiger partial charge in [0.05, 0.1) is 0 Å². The van der Waals surface area contributed by atoms with Crippen molar-refractivity contribution >= 4 is 5.91 Å². The third-order valence-corrected chi connectivity index (χ3v) is 3.63. The normalized spacial score (nSPS) is 16.2. The Bertz CT molecular complexity index is 446. The molecule has 0 saturated heterocycles. The maximum absolute atomic E-state index is 13.1. The zero-order valence-corrected chi connectivity index (χ0v) is 11.3. The van der Waals surface area contributed by atoms with Gasteiger partial charge >= 0.3 is 0 Å². The fourth-order valence-corrected chi connectivity index (χ4v) is 2.25. The predicted octanol–water partition coefficient (Wildman–Crippen LogP) is 2.30. The van der Waals surface area contributed by atoms with Crippen LogP contribution in [0.5, 0.6) is 0 Å². The summed E-state index contributed by atoms with van der Waals surface area (Å²) in [4.78, 5) is 13.9. The average Bonchev–Trinajstić information content (AvgIpc) is 3.20. The van der Waals surface area contributed by atoms with Gasteiger partial charge in [-0.25, -0.2) is 4.39 Å².